The van der Waals surface area contributed by atoms with E-state index in [-0.39, 0.29) is 12.5 Å². The van der Waals surface area contributed by atoms with Crippen LogP contribution in [0.1, 0.15) is 11.1 Å². The highest BCUT2D eigenvalue weighted by atomic mass is 16.5. The largest absolute Gasteiger partial charge is 0.497 e. The Morgan fingerprint density at radius 1 is 1.14 bits per heavy atom. The number of carbonyl (C=O) groups is 1. The number of nitrogens with zero attached hydrogens (tertiary/aromatic N) is 1. The smallest absolute Gasteiger partial charge is 0.234 e. The minimum atomic E-state index is -0.0327. The van der Waals surface area contributed by atoms with Gasteiger partial charge in [0.25, 0.3) is 0 Å². The van der Waals surface area contributed by atoms with Gasteiger partial charge in [0.2, 0.25) is 5.91 Å². The van der Waals surface area contributed by atoms with Crippen molar-refractivity contribution in [2.24, 2.45) is 0 Å². The van der Waals surface area contributed by atoms with E-state index in [0.29, 0.717) is 13.1 Å². The molecule has 1 aromatic heterocycles. The molecule has 5 nitrogen and oxygen atoms in total. The first-order valence-corrected chi connectivity index (χ1v) is 6.77. The molecule has 0 saturated carbocycles. The zero-order chi connectivity index (χ0) is 14.9. The van der Waals surface area contributed by atoms with E-state index in [1.54, 1.807) is 19.5 Å². The second-order valence-corrected chi connectivity index (χ2v) is 4.59. The molecule has 2 aromatic rings. The Balaban J connectivity index is 1.67. The first-order valence-electron chi connectivity index (χ1n) is 6.77. The SMILES string of the molecule is COc1ccc(CNC(=O)CNCc2cccnc2)cc1. The summed E-state index contributed by atoms with van der Waals surface area (Å²) in [5.41, 5.74) is 2.09. The molecule has 1 aromatic carbocycles. The van der Waals surface area contributed by atoms with Crippen molar-refractivity contribution in [1.29, 1.82) is 0 Å². The normalized spacial score (nSPS) is 10.1. The van der Waals surface area contributed by atoms with Crippen LogP contribution >= 0.6 is 0 Å². The molecule has 0 atom stereocenters. The first kappa shape index (κ1) is 15.0. The summed E-state index contributed by atoms with van der Waals surface area (Å²) < 4.78 is 5.09. The average Bonchev–Trinajstić information content (AvgIpc) is 2.54. The van der Waals surface area contributed by atoms with Crippen LogP contribution in [0.25, 0.3) is 0 Å². The van der Waals surface area contributed by atoms with Gasteiger partial charge in [0, 0.05) is 25.5 Å². The van der Waals surface area contributed by atoms with Crippen molar-refractivity contribution in [2.75, 3.05) is 13.7 Å². The van der Waals surface area contributed by atoms with Crippen molar-refractivity contribution in [3.63, 3.8) is 0 Å². The minimum absolute atomic E-state index is 0.0327. The molecule has 0 aliphatic rings. The number of hydrogen-bond acceptors (Lipinski definition) is 4. The fraction of sp³-hybridized carbons (Fsp3) is 0.250. The van der Waals surface area contributed by atoms with E-state index in [2.05, 4.69) is 15.6 Å². The lowest BCUT2D eigenvalue weighted by Gasteiger charge is -2.07. The molecule has 0 saturated heterocycles. The van der Waals surface area contributed by atoms with E-state index in [4.69, 9.17) is 4.74 Å². The predicted octanol–water partition coefficient (Wildman–Crippen LogP) is 1.50. The van der Waals surface area contributed by atoms with Crippen molar-refractivity contribution in [2.45, 2.75) is 13.1 Å². The lowest BCUT2D eigenvalue weighted by molar-refractivity contribution is -0.120. The number of carbonyl (C=O) groups excluding carboxylic acids is 1. The third-order valence-electron chi connectivity index (χ3n) is 2.99. The van der Waals surface area contributed by atoms with Crippen LogP contribution in [0.2, 0.25) is 0 Å². The van der Waals surface area contributed by atoms with Crippen LogP contribution < -0.4 is 15.4 Å². The lowest BCUT2D eigenvalue weighted by atomic mass is 10.2. The molecule has 110 valence electrons. The summed E-state index contributed by atoms with van der Waals surface area (Å²) in [4.78, 5) is 15.7. The highest BCUT2D eigenvalue weighted by molar-refractivity contribution is 5.77. The number of nitrogens with one attached hydrogen (secondary N) is 2. The molecule has 2 rings (SSSR count). The molecule has 21 heavy (non-hydrogen) atoms. The third-order valence-corrected chi connectivity index (χ3v) is 2.99. The number of hydrogen-bond donors (Lipinski definition) is 2. The summed E-state index contributed by atoms with van der Waals surface area (Å²) in [5.74, 6) is 0.776. The Kier molecular flexibility index (Phi) is 5.72. The molecule has 5 heteroatoms. The summed E-state index contributed by atoms with van der Waals surface area (Å²) in [6.45, 7) is 1.42. The number of aromatic nitrogens is 1. The number of rotatable bonds is 7. The quantitative estimate of drug-likeness (QED) is 0.809. The maximum atomic E-state index is 11.7. The molecule has 1 heterocycles. The first-order chi connectivity index (χ1) is 10.3. The summed E-state index contributed by atoms with van der Waals surface area (Å²) in [5, 5.41) is 5.95. The van der Waals surface area contributed by atoms with E-state index < -0.39 is 0 Å². The molecule has 2 N–H and O–H groups in total. The fourth-order valence-electron chi connectivity index (χ4n) is 1.83. The van der Waals surface area contributed by atoms with Crippen LogP contribution in [-0.2, 0) is 17.9 Å². The highest BCUT2D eigenvalue weighted by Crippen LogP contribution is 2.10. The van der Waals surface area contributed by atoms with Gasteiger partial charge in [-0.1, -0.05) is 18.2 Å². The van der Waals surface area contributed by atoms with Gasteiger partial charge in [-0.25, -0.2) is 0 Å². The zero-order valence-electron chi connectivity index (χ0n) is 12.0. The van der Waals surface area contributed by atoms with E-state index in [9.17, 15) is 4.79 Å². The van der Waals surface area contributed by atoms with Gasteiger partial charge in [-0.05, 0) is 29.3 Å². The molecule has 1 amide bonds. The molecule has 0 aliphatic heterocycles. The molecule has 0 bridgehead atoms. The van der Waals surface area contributed by atoms with Gasteiger partial charge >= 0.3 is 0 Å². The maximum absolute atomic E-state index is 11.7. The Bertz CT molecular complexity index is 555. The Hall–Kier alpha value is -2.40. The number of amides is 1. The molecule has 0 fully saturated rings. The Morgan fingerprint density at radius 3 is 2.62 bits per heavy atom. The molecule has 0 unspecified atom stereocenters. The van der Waals surface area contributed by atoms with Gasteiger partial charge < -0.3 is 15.4 Å². The number of ether oxygens (including phenoxy) is 1. The van der Waals surface area contributed by atoms with Crippen molar-refractivity contribution in [3.8, 4) is 5.75 Å². The van der Waals surface area contributed by atoms with Crippen LogP contribution in [0, 0.1) is 0 Å². The van der Waals surface area contributed by atoms with Crippen LogP contribution in [0.3, 0.4) is 0 Å². The fourth-order valence-corrected chi connectivity index (χ4v) is 1.83. The standard InChI is InChI=1S/C16H19N3O2/c1-21-15-6-4-13(5-7-15)11-19-16(20)12-18-10-14-3-2-8-17-9-14/h2-9,18H,10-12H2,1H3,(H,19,20). The third kappa shape index (κ3) is 5.24. The molecule has 0 aliphatic carbocycles. The highest BCUT2D eigenvalue weighted by Gasteiger charge is 2.01. The topological polar surface area (TPSA) is 63.2 Å². The van der Waals surface area contributed by atoms with Gasteiger partial charge in [0.15, 0.2) is 0 Å². The van der Waals surface area contributed by atoms with E-state index in [1.165, 1.54) is 0 Å². The molecule has 0 spiro atoms. The maximum Gasteiger partial charge on any atom is 0.234 e. The minimum Gasteiger partial charge on any atom is -0.497 e. The second kappa shape index (κ2) is 8.01. The number of pyridine rings is 1. The van der Waals surface area contributed by atoms with Gasteiger partial charge in [0.1, 0.15) is 5.75 Å². The Labute approximate surface area is 124 Å². The summed E-state index contributed by atoms with van der Waals surface area (Å²) in [6, 6.07) is 11.5. The lowest BCUT2D eigenvalue weighted by Crippen LogP contribution is -2.33. The summed E-state index contributed by atoms with van der Waals surface area (Å²) in [7, 11) is 1.63. The number of methoxy groups -OCH3 is 1. The van der Waals surface area contributed by atoms with Crippen molar-refractivity contribution >= 4 is 5.91 Å². The zero-order valence-corrected chi connectivity index (χ0v) is 12.0. The van der Waals surface area contributed by atoms with Gasteiger partial charge in [-0.3, -0.25) is 9.78 Å². The van der Waals surface area contributed by atoms with Crippen LogP contribution in [0.4, 0.5) is 0 Å². The van der Waals surface area contributed by atoms with Crippen molar-refractivity contribution in [3.05, 3.63) is 59.9 Å². The van der Waals surface area contributed by atoms with Gasteiger partial charge in [-0.15, -0.1) is 0 Å². The monoisotopic (exact) mass is 285 g/mol. The molecular weight excluding hydrogens is 266 g/mol. The summed E-state index contributed by atoms with van der Waals surface area (Å²) >= 11 is 0. The number of benzene rings is 1. The summed E-state index contributed by atoms with van der Waals surface area (Å²) in [6.07, 6.45) is 3.51. The van der Waals surface area contributed by atoms with Crippen LogP contribution in [0.5, 0.6) is 5.75 Å². The molecular formula is C16H19N3O2. The molecule has 0 radical (unpaired) electrons. The van der Waals surface area contributed by atoms with Crippen LogP contribution in [-0.4, -0.2) is 24.5 Å². The van der Waals surface area contributed by atoms with Crippen molar-refractivity contribution < 1.29 is 9.53 Å². The van der Waals surface area contributed by atoms with E-state index >= 15 is 0 Å². The van der Waals surface area contributed by atoms with Crippen molar-refractivity contribution in [1.82, 2.24) is 15.6 Å². The Morgan fingerprint density at radius 2 is 1.95 bits per heavy atom. The van der Waals surface area contributed by atoms with Gasteiger partial charge in [0.05, 0.1) is 13.7 Å². The van der Waals surface area contributed by atoms with Gasteiger partial charge in [-0.2, -0.15) is 0 Å². The predicted molar refractivity (Wildman–Crippen MR) is 80.8 cm³/mol. The van der Waals surface area contributed by atoms with E-state index in [0.717, 1.165) is 16.9 Å². The van der Waals surface area contributed by atoms with Crippen LogP contribution in [0.15, 0.2) is 48.8 Å². The average molecular weight is 285 g/mol. The van der Waals surface area contributed by atoms with E-state index in [1.807, 2.05) is 36.4 Å². The second-order valence-electron chi connectivity index (χ2n) is 4.59.